The third-order valence-corrected chi connectivity index (χ3v) is 9.66. The largest absolute Gasteiger partial charge is 0.473 e. The van der Waals surface area contributed by atoms with Crippen LogP contribution in [-0.4, -0.2) is 37.1 Å². The molecule has 0 saturated heterocycles. The van der Waals surface area contributed by atoms with Crippen molar-refractivity contribution in [3.8, 4) is 5.75 Å². The molecule has 1 aliphatic carbocycles. The van der Waals surface area contributed by atoms with Gasteiger partial charge in [0.25, 0.3) is 5.91 Å². The topological polar surface area (TPSA) is 112 Å². The second-order valence-electron chi connectivity index (χ2n) is 8.80. The van der Waals surface area contributed by atoms with Gasteiger partial charge in [-0.3, -0.25) is 14.9 Å². The maximum atomic E-state index is 14.4. The zero-order valence-electron chi connectivity index (χ0n) is 20.8. The Morgan fingerprint density at radius 1 is 1.15 bits per heavy atom. The monoisotopic (exact) mass is 598 g/mol. The quantitative estimate of drug-likeness (QED) is 0.300. The fourth-order valence-electron chi connectivity index (χ4n) is 4.21. The van der Waals surface area contributed by atoms with Crippen molar-refractivity contribution in [2.75, 3.05) is 11.9 Å². The molecule has 39 heavy (non-hydrogen) atoms. The normalized spacial score (nSPS) is 14.7. The molecule has 13 heteroatoms. The lowest BCUT2D eigenvalue weighted by atomic mass is 10.1. The van der Waals surface area contributed by atoms with Gasteiger partial charge in [-0.15, -0.1) is 0 Å². The molecule has 0 radical (unpaired) electrons. The van der Waals surface area contributed by atoms with Crippen LogP contribution in [0.4, 0.5) is 13.9 Å². The molecule has 1 saturated carbocycles. The van der Waals surface area contributed by atoms with E-state index in [-0.39, 0.29) is 44.4 Å². The number of amides is 1. The molecule has 1 unspecified atom stereocenters. The Kier molecular flexibility index (Phi) is 9.19. The zero-order valence-corrected chi connectivity index (χ0v) is 23.2. The minimum Gasteiger partial charge on any atom is -0.473 e. The minimum absolute atomic E-state index is 0.0536. The Balaban J connectivity index is 1.60. The number of esters is 1. The summed E-state index contributed by atoms with van der Waals surface area (Å²) in [6.07, 6.45) is 1.22. The van der Waals surface area contributed by atoms with Crippen molar-refractivity contribution in [2.45, 2.75) is 55.3 Å². The van der Waals surface area contributed by atoms with Crippen LogP contribution in [0.2, 0.25) is 4.34 Å². The van der Waals surface area contributed by atoms with Crippen LogP contribution in [0.15, 0.2) is 47.4 Å². The standard InChI is InChI=1S/C26H25ClF2N2O6S2/c1-2-36-22(32)14-20-24(27)38-26(30-20)31-25(33)23(37-21-12-9-16(28)13-19(21)29)15-7-10-18(11-8-15)39(34,35)17-5-3-4-6-17/h7-13,17,23H,2-6,14H2,1H3,(H,30,31,33). The molecule has 2 aromatic carbocycles. The molecular weight excluding hydrogens is 574 g/mol. The van der Waals surface area contributed by atoms with E-state index in [0.717, 1.165) is 36.3 Å². The molecule has 1 aliphatic rings. The molecule has 0 spiro atoms. The summed E-state index contributed by atoms with van der Waals surface area (Å²) in [4.78, 5) is 29.4. The summed E-state index contributed by atoms with van der Waals surface area (Å²) in [6, 6.07) is 8.22. The van der Waals surface area contributed by atoms with E-state index in [1.165, 1.54) is 24.3 Å². The number of hydrogen-bond acceptors (Lipinski definition) is 8. The second-order valence-corrected chi connectivity index (χ2v) is 12.6. The lowest BCUT2D eigenvalue weighted by molar-refractivity contribution is -0.142. The Bertz CT molecular complexity index is 1460. The minimum atomic E-state index is -3.54. The number of hydrogen-bond donors (Lipinski definition) is 1. The van der Waals surface area contributed by atoms with Gasteiger partial charge < -0.3 is 9.47 Å². The number of halogens is 3. The first-order valence-corrected chi connectivity index (χ1v) is 14.9. The van der Waals surface area contributed by atoms with Crippen molar-refractivity contribution in [3.63, 3.8) is 0 Å². The first-order chi connectivity index (χ1) is 18.6. The summed E-state index contributed by atoms with van der Waals surface area (Å²) >= 11 is 7.07. The van der Waals surface area contributed by atoms with Crippen LogP contribution in [0.3, 0.4) is 0 Å². The van der Waals surface area contributed by atoms with E-state index < -0.39 is 44.7 Å². The van der Waals surface area contributed by atoms with Gasteiger partial charge in [0, 0.05) is 11.6 Å². The van der Waals surface area contributed by atoms with Crippen molar-refractivity contribution in [1.82, 2.24) is 4.98 Å². The third-order valence-electron chi connectivity index (χ3n) is 6.13. The molecule has 208 valence electrons. The third kappa shape index (κ3) is 6.92. The molecule has 4 rings (SSSR count). The van der Waals surface area contributed by atoms with Gasteiger partial charge in [-0.25, -0.2) is 22.2 Å². The smallest absolute Gasteiger partial charge is 0.311 e. The average molecular weight is 599 g/mol. The average Bonchev–Trinajstić information content (AvgIpc) is 3.55. The van der Waals surface area contributed by atoms with Crippen LogP contribution in [0.1, 0.15) is 50.0 Å². The number of carbonyl (C=O) groups excluding carboxylic acids is 2. The number of rotatable bonds is 10. The number of benzene rings is 2. The lowest BCUT2D eigenvalue weighted by Crippen LogP contribution is -2.26. The van der Waals surface area contributed by atoms with E-state index >= 15 is 0 Å². The number of carbonyl (C=O) groups is 2. The summed E-state index contributed by atoms with van der Waals surface area (Å²) in [5, 5.41) is 2.14. The van der Waals surface area contributed by atoms with Gasteiger partial charge in [0.05, 0.1) is 28.9 Å². The van der Waals surface area contributed by atoms with Crippen molar-refractivity contribution >= 4 is 49.8 Å². The molecule has 1 heterocycles. The zero-order chi connectivity index (χ0) is 28.2. The highest BCUT2D eigenvalue weighted by molar-refractivity contribution is 7.92. The predicted octanol–water partition coefficient (Wildman–Crippen LogP) is 5.66. The van der Waals surface area contributed by atoms with Crippen molar-refractivity contribution in [1.29, 1.82) is 0 Å². The number of nitrogens with one attached hydrogen (secondary N) is 1. The molecule has 1 fully saturated rings. The summed E-state index contributed by atoms with van der Waals surface area (Å²) in [5.74, 6) is -3.56. The number of aromatic nitrogens is 1. The van der Waals surface area contributed by atoms with Crippen LogP contribution in [0.5, 0.6) is 5.75 Å². The summed E-state index contributed by atoms with van der Waals surface area (Å²) < 4.78 is 64.5. The maximum Gasteiger partial charge on any atom is 0.311 e. The second kappa shape index (κ2) is 12.4. The molecule has 1 amide bonds. The van der Waals surface area contributed by atoms with Crippen molar-refractivity contribution in [3.05, 3.63) is 69.7 Å². The Morgan fingerprint density at radius 2 is 1.85 bits per heavy atom. The van der Waals surface area contributed by atoms with E-state index in [1.54, 1.807) is 6.92 Å². The first kappa shape index (κ1) is 28.9. The fourth-order valence-corrected chi connectivity index (χ4v) is 7.10. The highest BCUT2D eigenvalue weighted by Crippen LogP contribution is 2.33. The van der Waals surface area contributed by atoms with Gasteiger partial charge >= 0.3 is 5.97 Å². The lowest BCUT2D eigenvalue weighted by Gasteiger charge is -2.19. The van der Waals surface area contributed by atoms with E-state index in [0.29, 0.717) is 18.9 Å². The number of ether oxygens (including phenoxy) is 2. The highest BCUT2D eigenvalue weighted by Gasteiger charge is 2.31. The summed E-state index contributed by atoms with van der Waals surface area (Å²) in [5.41, 5.74) is 0.426. The summed E-state index contributed by atoms with van der Waals surface area (Å²) in [7, 11) is -3.54. The molecule has 1 N–H and O–H groups in total. The number of thiazole rings is 1. The molecule has 3 aromatic rings. The summed E-state index contributed by atoms with van der Waals surface area (Å²) in [6.45, 7) is 1.84. The fraction of sp³-hybridized carbons (Fsp3) is 0.346. The van der Waals surface area contributed by atoms with Gasteiger partial charge in [-0.2, -0.15) is 0 Å². The molecule has 0 aliphatic heterocycles. The van der Waals surface area contributed by atoms with Gasteiger partial charge in [0.2, 0.25) is 6.10 Å². The Hall–Kier alpha value is -3.09. The number of nitrogens with zero attached hydrogens (tertiary/aromatic N) is 1. The van der Waals surface area contributed by atoms with E-state index in [1.807, 2.05) is 0 Å². The van der Waals surface area contributed by atoms with Crippen LogP contribution in [0, 0.1) is 11.6 Å². The van der Waals surface area contributed by atoms with Gasteiger partial charge in [-0.1, -0.05) is 47.9 Å². The molecule has 1 atom stereocenters. The van der Waals surface area contributed by atoms with Gasteiger partial charge in [-0.05, 0) is 44.0 Å². The van der Waals surface area contributed by atoms with Crippen LogP contribution < -0.4 is 10.1 Å². The van der Waals surface area contributed by atoms with Gasteiger partial charge in [0.1, 0.15) is 10.2 Å². The van der Waals surface area contributed by atoms with Crippen LogP contribution in [-0.2, 0) is 30.6 Å². The van der Waals surface area contributed by atoms with E-state index in [2.05, 4.69) is 10.3 Å². The van der Waals surface area contributed by atoms with Gasteiger partial charge in [0.15, 0.2) is 26.5 Å². The Labute approximate surface area is 233 Å². The van der Waals surface area contributed by atoms with Crippen LogP contribution >= 0.6 is 22.9 Å². The van der Waals surface area contributed by atoms with Crippen molar-refractivity contribution in [2.24, 2.45) is 0 Å². The van der Waals surface area contributed by atoms with E-state index in [9.17, 15) is 26.8 Å². The molecule has 8 nitrogen and oxygen atoms in total. The highest BCUT2D eigenvalue weighted by atomic mass is 35.5. The van der Waals surface area contributed by atoms with E-state index in [4.69, 9.17) is 21.1 Å². The van der Waals surface area contributed by atoms with Crippen LogP contribution in [0.25, 0.3) is 0 Å². The predicted molar refractivity (Wildman–Crippen MR) is 142 cm³/mol. The maximum absolute atomic E-state index is 14.4. The Morgan fingerprint density at radius 3 is 2.49 bits per heavy atom. The first-order valence-electron chi connectivity index (χ1n) is 12.2. The SMILES string of the molecule is CCOC(=O)Cc1nc(NC(=O)C(Oc2ccc(F)cc2F)c2ccc(S(=O)(=O)C3CCCC3)cc2)sc1Cl. The number of sulfone groups is 1. The molecule has 1 aromatic heterocycles. The number of anilines is 1. The molecule has 0 bridgehead atoms. The van der Waals surface area contributed by atoms with Crippen molar-refractivity contribution < 1.29 is 36.3 Å². The molecular formula is C26H25ClF2N2O6S2.